The zero-order valence-corrected chi connectivity index (χ0v) is 19.9. The van der Waals surface area contributed by atoms with Gasteiger partial charge in [0.25, 0.3) is 0 Å². The van der Waals surface area contributed by atoms with Crippen LogP contribution in [0, 0.1) is 5.82 Å². The Morgan fingerprint density at radius 3 is 2.67 bits per heavy atom. The second kappa shape index (κ2) is 8.82. The summed E-state index contributed by atoms with van der Waals surface area (Å²) in [5, 5.41) is 1.06. The van der Waals surface area contributed by atoms with Gasteiger partial charge in [-0.15, -0.1) is 0 Å². The third-order valence-corrected chi connectivity index (χ3v) is 7.36. The lowest BCUT2D eigenvalue weighted by atomic mass is 9.86. The summed E-state index contributed by atoms with van der Waals surface area (Å²) in [6, 6.07) is 21.2. The molecule has 2 aliphatic rings. The number of piperazine rings is 1. The number of hydrogen-bond donors (Lipinski definition) is 1. The molecule has 0 bridgehead atoms. The fourth-order valence-corrected chi connectivity index (χ4v) is 5.63. The topological polar surface area (TPSA) is 65.6 Å². The Morgan fingerprint density at radius 1 is 1.03 bits per heavy atom. The molecule has 182 valence electrons. The summed E-state index contributed by atoms with van der Waals surface area (Å²) in [5.41, 5.74) is 4.38. The number of ether oxygens (including phenoxy) is 1. The lowest BCUT2D eigenvalue weighted by Crippen LogP contribution is -2.63. The van der Waals surface area contributed by atoms with Gasteiger partial charge in [0, 0.05) is 29.6 Å². The van der Waals surface area contributed by atoms with E-state index in [4.69, 9.17) is 4.74 Å². The normalized spacial score (nSPS) is 19.4. The van der Waals surface area contributed by atoms with Crippen molar-refractivity contribution in [3.8, 4) is 5.75 Å². The summed E-state index contributed by atoms with van der Waals surface area (Å²) in [6.07, 6.45) is 0.788. The molecule has 0 saturated carbocycles. The van der Waals surface area contributed by atoms with Crippen LogP contribution in [0.25, 0.3) is 10.9 Å². The highest BCUT2D eigenvalue weighted by Gasteiger charge is 2.48. The van der Waals surface area contributed by atoms with Gasteiger partial charge in [0.1, 0.15) is 17.6 Å². The molecule has 1 unspecified atom stereocenters. The van der Waals surface area contributed by atoms with Crippen molar-refractivity contribution >= 4 is 22.7 Å². The smallest absolute Gasteiger partial charge is 0.246 e. The number of aromatic nitrogens is 1. The van der Waals surface area contributed by atoms with E-state index < -0.39 is 12.1 Å². The van der Waals surface area contributed by atoms with Gasteiger partial charge in [-0.1, -0.05) is 48.5 Å². The summed E-state index contributed by atoms with van der Waals surface area (Å²) in [4.78, 5) is 34.3. The first kappa shape index (κ1) is 22.3. The number of nitrogens with one attached hydrogen (secondary N) is 1. The average molecular weight is 484 g/mol. The molecular formula is C29H26FN3O3. The van der Waals surface area contributed by atoms with Crippen LogP contribution in [0.3, 0.4) is 0 Å². The van der Waals surface area contributed by atoms with E-state index >= 15 is 0 Å². The van der Waals surface area contributed by atoms with Crippen molar-refractivity contribution in [3.63, 3.8) is 0 Å². The highest BCUT2D eigenvalue weighted by Crippen LogP contribution is 2.43. The third-order valence-electron chi connectivity index (χ3n) is 7.36. The molecular weight excluding hydrogens is 457 g/mol. The van der Waals surface area contributed by atoms with Crippen molar-refractivity contribution in [2.75, 3.05) is 20.2 Å². The maximum absolute atomic E-state index is 14.2. The minimum atomic E-state index is -0.630. The SMILES string of the molecule is COc1cccc(C2c3[nH]c4ccccc4c3C[C@H]3C(=O)N(CCc4ccccc4F)CC(=O)N23)c1. The molecule has 1 fully saturated rings. The molecule has 0 radical (unpaired) electrons. The van der Waals surface area contributed by atoms with E-state index in [-0.39, 0.29) is 24.2 Å². The third kappa shape index (κ3) is 3.63. The zero-order chi connectivity index (χ0) is 24.8. The fraction of sp³-hybridized carbons (Fsp3) is 0.241. The van der Waals surface area contributed by atoms with Crippen molar-refractivity contribution in [2.45, 2.75) is 24.9 Å². The molecule has 1 saturated heterocycles. The Labute approximate surface area is 208 Å². The first-order valence-corrected chi connectivity index (χ1v) is 12.1. The average Bonchev–Trinajstić information content (AvgIpc) is 3.28. The van der Waals surface area contributed by atoms with Crippen LogP contribution in [0.2, 0.25) is 0 Å². The number of halogens is 1. The maximum Gasteiger partial charge on any atom is 0.246 e. The lowest BCUT2D eigenvalue weighted by Gasteiger charge is -2.47. The first-order valence-electron chi connectivity index (χ1n) is 12.1. The number of nitrogens with zero attached hydrogens (tertiary/aromatic N) is 2. The zero-order valence-electron chi connectivity index (χ0n) is 19.9. The van der Waals surface area contributed by atoms with Crippen LogP contribution in [0.4, 0.5) is 4.39 Å². The quantitative estimate of drug-likeness (QED) is 0.462. The van der Waals surface area contributed by atoms with Crippen LogP contribution in [-0.2, 0) is 22.4 Å². The van der Waals surface area contributed by atoms with E-state index in [0.717, 1.165) is 27.7 Å². The molecule has 6 rings (SSSR count). The molecule has 4 aromatic rings. The van der Waals surface area contributed by atoms with Gasteiger partial charge >= 0.3 is 0 Å². The molecule has 7 heteroatoms. The standard InChI is InChI=1S/C29H26FN3O3/c1-36-20-9-6-8-19(15-20)28-27-22(21-10-3-5-12-24(21)31-27)16-25-29(35)32(17-26(34)33(25)28)14-13-18-7-2-4-11-23(18)30/h2-12,15,25,28,31H,13-14,16-17H2,1H3/t25-,28?/m0/s1. The second-order valence-corrected chi connectivity index (χ2v) is 9.36. The van der Waals surface area contributed by atoms with Crippen LogP contribution < -0.4 is 4.74 Å². The number of methoxy groups -OCH3 is 1. The largest absolute Gasteiger partial charge is 0.497 e. The van der Waals surface area contributed by atoms with E-state index in [9.17, 15) is 14.0 Å². The van der Waals surface area contributed by atoms with Crippen LogP contribution in [0.1, 0.15) is 28.4 Å². The number of carbonyl (C=O) groups excluding carboxylic acids is 2. The Balaban J connectivity index is 1.40. The summed E-state index contributed by atoms with van der Waals surface area (Å²) in [5.74, 6) is 0.170. The highest BCUT2D eigenvalue weighted by molar-refractivity contribution is 5.97. The first-order chi connectivity index (χ1) is 17.5. The minimum absolute atomic E-state index is 0.0280. The van der Waals surface area contributed by atoms with Crippen molar-refractivity contribution in [1.82, 2.24) is 14.8 Å². The molecule has 6 nitrogen and oxygen atoms in total. The van der Waals surface area contributed by atoms with E-state index in [0.29, 0.717) is 30.7 Å². The summed E-state index contributed by atoms with van der Waals surface area (Å²) in [6.45, 7) is 0.264. The number of carbonyl (C=O) groups is 2. The number of hydrogen-bond acceptors (Lipinski definition) is 3. The number of benzene rings is 3. The van der Waals surface area contributed by atoms with Crippen LogP contribution in [0.15, 0.2) is 72.8 Å². The van der Waals surface area contributed by atoms with Crippen molar-refractivity contribution in [2.24, 2.45) is 0 Å². The van der Waals surface area contributed by atoms with E-state index in [1.165, 1.54) is 6.07 Å². The molecule has 2 aliphatic heterocycles. The number of fused-ring (bicyclic) bond motifs is 4. The monoisotopic (exact) mass is 483 g/mol. The number of amides is 2. The molecule has 2 atom stereocenters. The van der Waals surface area contributed by atoms with Gasteiger partial charge in [-0.25, -0.2) is 4.39 Å². The van der Waals surface area contributed by atoms with Gasteiger partial charge in [-0.3, -0.25) is 9.59 Å². The Morgan fingerprint density at radius 2 is 1.83 bits per heavy atom. The highest BCUT2D eigenvalue weighted by atomic mass is 19.1. The van der Waals surface area contributed by atoms with Crippen molar-refractivity contribution < 1.29 is 18.7 Å². The molecule has 3 heterocycles. The molecule has 1 aromatic heterocycles. The Kier molecular flexibility index (Phi) is 5.48. The van der Waals surface area contributed by atoms with Gasteiger partial charge < -0.3 is 19.5 Å². The van der Waals surface area contributed by atoms with Gasteiger partial charge in [0.2, 0.25) is 11.8 Å². The molecule has 3 aromatic carbocycles. The molecule has 0 aliphatic carbocycles. The molecule has 36 heavy (non-hydrogen) atoms. The predicted octanol–water partition coefficient (Wildman–Crippen LogP) is 4.24. The van der Waals surface area contributed by atoms with Crippen LogP contribution >= 0.6 is 0 Å². The van der Waals surface area contributed by atoms with Crippen LogP contribution in [0.5, 0.6) is 5.75 Å². The maximum atomic E-state index is 14.2. The van der Waals surface area contributed by atoms with Gasteiger partial charge in [0.05, 0.1) is 19.7 Å². The molecule has 0 spiro atoms. The molecule has 2 amide bonds. The second-order valence-electron chi connectivity index (χ2n) is 9.36. The van der Waals surface area contributed by atoms with Gasteiger partial charge in [0.15, 0.2) is 0 Å². The summed E-state index contributed by atoms with van der Waals surface area (Å²) < 4.78 is 19.6. The Hall–Kier alpha value is -4.13. The number of aromatic amines is 1. The predicted molar refractivity (Wildman–Crippen MR) is 134 cm³/mol. The number of H-pyrrole nitrogens is 1. The van der Waals surface area contributed by atoms with E-state index in [2.05, 4.69) is 4.98 Å². The van der Waals surface area contributed by atoms with E-state index in [1.807, 2.05) is 48.5 Å². The fourth-order valence-electron chi connectivity index (χ4n) is 5.63. The van der Waals surface area contributed by atoms with Gasteiger partial charge in [-0.2, -0.15) is 0 Å². The van der Waals surface area contributed by atoms with E-state index in [1.54, 1.807) is 35.1 Å². The molecule has 1 N–H and O–H groups in total. The minimum Gasteiger partial charge on any atom is -0.497 e. The Bertz CT molecular complexity index is 1480. The summed E-state index contributed by atoms with van der Waals surface area (Å²) in [7, 11) is 1.61. The van der Waals surface area contributed by atoms with Crippen molar-refractivity contribution in [3.05, 3.63) is 101 Å². The lowest BCUT2D eigenvalue weighted by molar-refractivity contribution is -0.158. The van der Waals surface area contributed by atoms with Gasteiger partial charge in [-0.05, 0) is 47.4 Å². The van der Waals surface area contributed by atoms with Crippen molar-refractivity contribution in [1.29, 1.82) is 0 Å². The number of para-hydroxylation sites is 1. The summed E-state index contributed by atoms with van der Waals surface area (Å²) >= 11 is 0. The van der Waals surface area contributed by atoms with Crippen LogP contribution in [-0.4, -0.2) is 52.8 Å². The number of rotatable bonds is 5.